The highest BCUT2D eigenvalue weighted by Gasteiger charge is 2.15. The summed E-state index contributed by atoms with van der Waals surface area (Å²) in [5.74, 6) is -1.34. The molecule has 3 rings (SSSR count). The first kappa shape index (κ1) is 18.8. The van der Waals surface area contributed by atoms with Crippen LogP contribution in [0.5, 0.6) is 0 Å². The third kappa shape index (κ3) is 4.39. The third-order valence-corrected chi connectivity index (χ3v) is 3.66. The number of amides is 1. The number of para-hydroxylation sites is 1. The van der Waals surface area contributed by atoms with Crippen LogP contribution in [0, 0.1) is 0 Å². The predicted molar refractivity (Wildman–Crippen MR) is 98.1 cm³/mol. The van der Waals surface area contributed by atoms with Crippen LogP contribution in [0.1, 0.15) is 20.7 Å². The second-order valence-corrected chi connectivity index (χ2v) is 5.52. The molecule has 2 heterocycles. The van der Waals surface area contributed by atoms with Crippen LogP contribution in [0.15, 0.2) is 61.1 Å². The van der Waals surface area contributed by atoms with Crippen molar-refractivity contribution in [1.82, 2.24) is 14.8 Å². The molecule has 0 fully saturated rings. The van der Waals surface area contributed by atoms with E-state index in [1.165, 1.54) is 25.4 Å². The van der Waals surface area contributed by atoms with Crippen molar-refractivity contribution in [2.45, 2.75) is 0 Å². The van der Waals surface area contributed by atoms with Crippen LogP contribution >= 0.6 is 0 Å². The van der Waals surface area contributed by atoms with Gasteiger partial charge >= 0.3 is 11.9 Å². The van der Waals surface area contributed by atoms with Crippen molar-refractivity contribution in [3.8, 4) is 5.82 Å². The van der Waals surface area contributed by atoms with Gasteiger partial charge in [-0.3, -0.25) is 4.79 Å². The quantitative estimate of drug-likeness (QED) is 0.649. The number of ether oxygens (including phenoxy) is 2. The molecule has 0 aliphatic rings. The van der Waals surface area contributed by atoms with Crippen LogP contribution in [0.3, 0.4) is 0 Å². The van der Waals surface area contributed by atoms with Gasteiger partial charge in [0.2, 0.25) is 0 Å². The Balaban J connectivity index is 1.58. The maximum absolute atomic E-state index is 12.1. The largest absolute Gasteiger partial charge is 0.465 e. The zero-order valence-corrected chi connectivity index (χ0v) is 14.9. The molecule has 0 atom stereocenters. The molecule has 142 valence electrons. The standard InChI is InChI=1S/C19H16N4O5/c1-27-19(26)14-5-2-3-6-15(14)22-17(24)12-28-18(25)13-7-8-16(20-11-13)23-10-4-9-21-23/h2-11H,12H2,1H3,(H,22,24). The molecule has 1 N–H and O–H groups in total. The summed E-state index contributed by atoms with van der Waals surface area (Å²) in [4.78, 5) is 40.0. The minimum Gasteiger partial charge on any atom is -0.465 e. The van der Waals surface area contributed by atoms with Crippen LogP contribution in [0.2, 0.25) is 0 Å². The molecule has 1 aromatic carbocycles. The molecule has 0 aliphatic carbocycles. The molecule has 1 amide bonds. The van der Waals surface area contributed by atoms with Crippen LogP contribution in [-0.4, -0.2) is 46.3 Å². The Hall–Kier alpha value is -4.01. The summed E-state index contributed by atoms with van der Waals surface area (Å²) in [6, 6.07) is 11.2. The molecular weight excluding hydrogens is 364 g/mol. The maximum atomic E-state index is 12.1. The number of methoxy groups -OCH3 is 1. The summed E-state index contributed by atoms with van der Waals surface area (Å²) in [5.41, 5.74) is 0.655. The van der Waals surface area contributed by atoms with Crippen LogP contribution < -0.4 is 5.32 Å². The Labute approximate surface area is 159 Å². The van der Waals surface area contributed by atoms with E-state index in [1.54, 1.807) is 47.4 Å². The Morgan fingerprint density at radius 1 is 1.07 bits per heavy atom. The van der Waals surface area contributed by atoms with E-state index in [-0.39, 0.29) is 16.8 Å². The zero-order chi connectivity index (χ0) is 19.9. The molecule has 9 heteroatoms. The number of carbonyl (C=O) groups is 3. The third-order valence-electron chi connectivity index (χ3n) is 3.66. The number of pyridine rings is 1. The van der Waals surface area contributed by atoms with Crippen molar-refractivity contribution in [2.24, 2.45) is 0 Å². The van der Waals surface area contributed by atoms with E-state index in [9.17, 15) is 14.4 Å². The number of benzene rings is 1. The Kier molecular flexibility index (Phi) is 5.75. The van der Waals surface area contributed by atoms with E-state index in [2.05, 4.69) is 20.1 Å². The van der Waals surface area contributed by atoms with Gasteiger partial charge in [0.15, 0.2) is 12.4 Å². The molecule has 0 radical (unpaired) electrons. The van der Waals surface area contributed by atoms with E-state index < -0.39 is 24.5 Å². The number of rotatable bonds is 6. The number of hydrogen-bond donors (Lipinski definition) is 1. The van der Waals surface area contributed by atoms with Crippen molar-refractivity contribution in [2.75, 3.05) is 19.0 Å². The molecule has 2 aromatic heterocycles. The SMILES string of the molecule is COC(=O)c1ccccc1NC(=O)COC(=O)c1ccc(-n2cccn2)nc1. The second-order valence-electron chi connectivity index (χ2n) is 5.52. The highest BCUT2D eigenvalue weighted by molar-refractivity contribution is 6.02. The molecule has 28 heavy (non-hydrogen) atoms. The Morgan fingerprint density at radius 2 is 1.89 bits per heavy atom. The number of esters is 2. The van der Waals surface area contributed by atoms with Gasteiger partial charge < -0.3 is 14.8 Å². The van der Waals surface area contributed by atoms with Gasteiger partial charge in [-0.1, -0.05) is 12.1 Å². The summed E-state index contributed by atoms with van der Waals surface area (Å²) in [6.07, 6.45) is 4.67. The van der Waals surface area contributed by atoms with Crippen molar-refractivity contribution in [1.29, 1.82) is 0 Å². The van der Waals surface area contributed by atoms with Gasteiger partial charge in [0.25, 0.3) is 5.91 Å². The second kappa shape index (κ2) is 8.58. The minimum absolute atomic E-state index is 0.193. The summed E-state index contributed by atoms with van der Waals surface area (Å²) in [6.45, 7) is -0.519. The molecule has 0 spiro atoms. The van der Waals surface area contributed by atoms with E-state index in [4.69, 9.17) is 4.74 Å². The van der Waals surface area contributed by atoms with E-state index in [0.717, 1.165) is 0 Å². The molecule has 0 bridgehead atoms. The zero-order valence-electron chi connectivity index (χ0n) is 14.9. The first-order valence-electron chi connectivity index (χ1n) is 8.19. The van der Waals surface area contributed by atoms with Crippen LogP contribution in [0.25, 0.3) is 5.82 Å². The van der Waals surface area contributed by atoms with Crippen LogP contribution in [-0.2, 0) is 14.3 Å². The average Bonchev–Trinajstić information content (AvgIpc) is 3.27. The Morgan fingerprint density at radius 3 is 2.57 bits per heavy atom. The van der Waals surface area contributed by atoms with Gasteiger partial charge in [0.05, 0.1) is 23.9 Å². The van der Waals surface area contributed by atoms with Crippen molar-refractivity contribution < 1.29 is 23.9 Å². The van der Waals surface area contributed by atoms with Gasteiger partial charge in [-0.25, -0.2) is 19.3 Å². The van der Waals surface area contributed by atoms with Gasteiger partial charge in [-0.15, -0.1) is 0 Å². The monoisotopic (exact) mass is 380 g/mol. The minimum atomic E-state index is -0.698. The number of anilines is 1. The molecule has 0 aliphatic heterocycles. The molecule has 0 saturated carbocycles. The van der Waals surface area contributed by atoms with E-state index in [0.29, 0.717) is 5.82 Å². The lowest BCUT2D eigenvalue weighted by Gasteiger charge is -2.10. The fraction of sp³-hybridized carbons (Fsp3) is 0.105. The van der Waals surface area contributed by atoms with E-state index >= 15 is 0 Å². The molecular formula is C19H16N4O5. The van der Waals surface area contributed by atoms with Gasteiger partial charge in [0, 0.05) is 18.6 Å². The lowest BCUT2D eigenvalue weighted by atomic mass is 10.2. The van der Waals surface area contributed by atoms with Crippen LogP contribution in [0.4, 0.5) is 5.69 Å². The van der Waals surface area contributed by atoms with Gasteiger partial charge in [-0.05, 0) is 30.3 Å². The predicted octanol–water partition coefficient (Wildman–Crippen LogP) is 1.85. The van der Waals surface area contributed by atoms with Crippen molar-refractivity contribution >= 4 is 23.5 Å². The fourth-order valence-corrected chi connectivity index (χ4v) is 2.33. The lowest BCUT2D eigenvalue weighted by Crippen LogP contribution is -2.22. The van der Waals surface area contributed by atoms with Gasteiger partial charge in [-0.2, -0.15) is 5.10 Å². The number of aromatic nitrogens is 3. The van der Waals surface area contributed by atoms with E-state index in [1.807, 2.05) is 0 Å². The summed E-state index contributed by atoms with van der Waals surface area (Å²) >= 11 is 0. The summed E-state index contributed by atoms with van der Waals surface area (Å²) in [5, 5.41) is 6.55. The highest BCUT2D eigenvalue weighted by Crippen LogP contribution is 2.16. The van der Waals surface area contributed by atoms with Crippen molar-refractivity contribution in [3.63, 3.8) is 0 Å². The van der Waals surface area contributed by atoms with Crippen molar-refractivity contribution in [3.05, 3.63) is 72.2 Å². The number of nitrogens with zero attached hydrogens (tertiary/aromatic N) is 3. The molecule has 0 unspecified atom stereocenters. The van der Waals surface area contributed by atoms with Gasteiger partial charge in [0.1, 0.15) is 0 Å². The number of hydrogen-bond acceptors (Lipinski definition) is 7. The molecule has 3 aromatic rings. The smallest absolute Gasteiger partial charge is 0.340 e. The first-order valence-corrected chi connectivity index (χ1v) is 8.19. The molecule has 9 nitrogen and oxygen atoms in total. The lowest BCUT2D eigenvalue weighted by molar-refractivity contribution is -0.119. The maximum Gasteiger partial charge on any atom is 0.340 e. The fourth-order valence-electron chi connectivity index (χ4n) is 2.33. The molecule has 0 saturated heterocycles. The summed E-state index contributed by atoms with van der Waals surface area (Å²) in [7, 11) is 1.24. The number of carbonyl (C=O) groups excluding carboxylic acids is 3. The summed E-state index contributed by atoms with van der Waals surface area (Å²) < 4.78 is 11.2. The first-order chi connectivity index (χ1) is 13.6. The highest BCUT2D eigenvalue weighted by atomic mass is 16.5. The number of nitrogens with one attached hydrogen (secondary N) is 1. The Bertz CT molecular complexity index is 984. The topological polar surface area (TPSA) is 112 Å². The normalized spacial score (nSPS) is 10.2. The average molecular weight is 380 g/mol.